The average Bonchev–Trinajstić information content (AvgIpc) is 2.99. The summed E-state index contributed by atoms with van der Waals surface area (Å²) in [5, 5.41) is 19.8. The largest absolute Gasteiger partial charge is 0.509 e. The fourth-order valence-electron chi connectivity index (χ4n) is 2.88. The number of fused-ring (bicyclic) bond motifs is 1. The summed E-state index contributed by atoms with van der Waals surface area (Å²) < 4.78 is 0. The zero-order valence-corrected chi connectivity index (χ0v) is 13.3. The number of nitrogens with one attached hydrogen (secondary N) is 1. The molecule has 2 N–H and O–H groups in total. The molecule has 23 heavy (non-hydrogen) atoms. The molecule has 2 heterocycles. The molecule has 0 radical (unpaired) electrons. The maximum atomic E-state index is 10.4. The van der Waals surface area contributed by atoms with Gasteiger partial charge in [0.15, 0.2) is 5.82 Å². The number of hydrogen-bond acceptors (Lipinski definition) is 5. The van der Waals surface area contributed by atoms with Crippen LogP contribution in [0.5, 0.6) is 0 Å². The molecule has 3 rings (SSSR count). The lowest BCUT2D eigenvalue weighted by atomic mass is 10.2. The highest BCUT2D eigenvalue weighted by atomic mass is 16.3. The van der Waals surface area contributed by atoms with Crippen LogP contribution in [0.4, 0.5) is 0 Å². The molecule has 0 aliphatic carbocycles. The molecule has 120 valence electrons. The molecule has 6 heteroatoms. The van der Waals surface area contributed by atoms with E-state index in [2.05, 4.69) is 32.8 Å². The molecule has 6 nitrogen and oxygen atoms in total. The van der Waals surface area contributed by atoms with Crippen molar-refractivity contribution in [3.63, 3.8) is 0 Å². The number of rotatable bonds is 4. The number of benzene rings is 1. The highest BCUT2D eigenvalue weighted by Crippen LogP contribution is 2.19. The second-order valence-corrected chi connectivity index (χ2v) is 5.75. The van der Waals surface area contributed by atoms with E-state index in [0.717, 1.165) is 43.8 Å². The number of aliphatic hydroxyl groups is 1. The Morgan fingerprint density at radius 1 is 1.26 bits per heavy atom. The number of nitrogens with zero attached hydrogens (tertiary/aromatic N) is 4. The monoisotopic (exact) mass is 311 g/mol. The Morgan fingerprint density at radius 2 is 1.96 bits per heavy atom. The number of nitriles is 1. The molecule has 0 atom stereocenters. The van der Waals surface area contributed by atoms with Crippen LogP contribution in [0.3, 0.4) is 0 Å². The predicted molar refractivity (Wildman–Crippen MR) is 89.8 cm³/mol. The zero-order valence-electron chi connectivity index (χ0n) is 13.3. The average molecular weight is 311 g/mol. The van der Waals surface area contributed by atoms with Gasteiger partial charge in [-0.1, -0.05) is 19.1 Å². The second-order valence-electron chi connectivity index (χ2n) is 5.75. The van der Waals surface area contributed by atoms with E-state index in [0.29, 0.717) is 12.4 Å². The Morgan fingerprint density at radius 3 is 2.61 bits per heavy atom. The maximum absolute atomic E-state index is 10.4. The Labute approximate surface area is 135 Å². The minimum Gasteiger partial charge on any atom is -0.509 e. The number of imidazole rings is 1. The van der Waals surface area contributed by atoms with E-state index < -0.39 is 0 Å². The maximum Gasteiger partial charge on any atom is 0.152 e. The van der Waals surface area contributed by atoms with Gasteiger partial charge >= 0.3 is 0 Å². The first-order valence-corrected chi connectivity index (χ1v) is 7.93. The first-order chi connectivity index (χ1) is 11.2. The van der Waals surface area contributed by atoms with E-state index in [4.69, 9.17) is 0 Å². The minimum absolute atomic E-state index is 0.0801. The van der Waals surface area contributed by atoms with Gasteiger partial charge in [-0.05, 0) is 18.7 Å². The number of piperazine rings is 1. The van der Waals surface area contributed by atoms with Crippen molar-refractivity contribution in [2.75, 3.05) is 39.3 Å². The molecule has 1 fully saturated rings. The fraction of sp³-hybridized carbons (Fsp3) is 0.412. The number of aromatic nitrogens is 2. The van der Waals surface area contributed by atoms with Gasteiger partial charge in [0.25, 0.3) is 0 Å². The normalized spacial score (nSPS) is 17.9. The third-order valence-electron chi connectivity index (χ3n) is 4.31. The summed E-state index contributed by atoms with van der Waals surface area (Å²) in [6.45, 7) is 7.39. The van der Waals surface area contributed by atoms with E-state index in [1.807, 2.05) is 24.3 Å². The Balaban J connectivity index is 1.78. The van der Waals surface area contributed by atoms with Crippen molar-refractivity contribution in [1.82, 2.24) is 19.8 Å². The summed E-state index contributed by atoms with van der Waals surface area (Å²) in [5.74, 6) is 0.509. The number of hydrogen-bond donors (Lipinski definition) is 2. The lowest BCUT2D eigenvalue weighted by Gasteiger charge is -2.33. The van der Waals surface area contributed by atoms with Gasteiger partial charge in [0.05, 0.1) is 17.6 Å². The molecule has 0 unspecified atom stereocenters. The zero-order chi connectivity index (χ0) is 16.2. The minimum atomic E-state index is 0.0801. The van der Waals surface area contributed by atoms with Gasteiger partial charge in [-0.15, -0.1) is 0 Å². The first kappa shape index (κ1) is 15.5. The highest BCUT2D eigenvalue weighted by Gasteiger charge is 2.19. The third-order valence-corrected chi connectivity index (χ3v) is 4.31. The van der Waals surface area contributed by atoms with Crippen LogP contribution in [0, 0.1) is 11.3 Å². The van der Waals surface area contributed by atoms with Crippen molar-refractivity contribution in [2.24, 2.45) is 0 Å². The molecular formula is C17H21N5O. The quantitative estimate of drug-likeness (QED) is 0.667. The van der Waals surface area contributed by atoms with E-state index in [1.54, 1.807) is 0 Å². The summed E-state index contributed by atoms with van der Waals surface area (Å²) in [4.78, 5) is 12.0. The Hall–Kier alpha value is -2.36. The molecule has 0 spiro atoms. The Kier molecular flexibility index (Phi) is 4.60. The number of H-pyrrole nitrogens is 1. The van der Waals surface area contributed by atoms with Crippen molar-refractivity contribution >= 4 is 16.6 Å². The number of allylic oxidation sites excluding steroid dienone is 1. The van der Waals surface area contributed by atoms with Crippen LogP contribution in [0.25, 0.3) is 16.6 Å². The van der Waals surface area contributed by atoms with Gasteiger partial charge in [0.1, 0.15) is 17.4 Å². The summed E-state index contributed by atoms with van der Waals surface area (Å²) in [5.41, 5.74) is 1.87. The van der Waals surface area contributed by atoms with Crippen LogP contribution in [-0.2, 0) is 0 Å². The molecule has 2 aromatic rings. The van der Waals surface area contributed by atoms with E-state index in [9.17, 15) is 10.4 Å². The molecular weight excluding hydrogens is 290 g/mol. The third kappa shape index (κ3) is 3.36. The SMILES string of the molecule is CCN1CCN(CC(O)=C(C#N)c2nc3ccccc3[nH]2)CC1. The molecule has 0 saturated carbocycles. The van der Waals surface area contributed by atoms with Gasteiger partial charge in [0.2, 0.25) is 0 Å². The van der Waals surface area contributed by atoms with Crippen molar-refractivity contribution in [3.05, 3.63) is 35.8 Å². The fourth-order valence-corrected chi connectivity index (χ4v) is 2.88. The molecule has 0 amide bonds. The van der Waals surface area contributed by atoms with Crippen LogP contribution in [0.15, 0.2) is 30.0 Å². The van der Waals surface area contributed by atoms with Crippen molar-refractivity contribution in [3.8, 4) is 6.07 Å². The first-order valence-electron chi connectivity index (χ1n) is 7.93. The molecule has 1 aliphatic rings. The number of aromatic amines is 1. The molecule has 1 aromatic heterocycles. The van der Waals surface area contributed by atoms with Crippen molar-refractivity contribution < 1.29 is 5.11 Å². The topological polar surface area (TPSA) is 79.2 Å². The smallest absolute Gasteiger partial charge is 0.152 e. The van der Waals surface area contributed by atoms with Gasteiger partial charge in [0, 0.05) is 26.2 Å². The standard InChI is InChI=1S/C17H21N5O/c1-2-21-7-9-22(10-8-21)12-16(23)13(11-18)17-19-14-5-3-4-6-15(14)20-17/h3-6,23H,2,7-10,12H2,1H3,(H,19,20). The van der Waals surface area contributed by atoms with E-state index in [1.165, 1.54) is 0 Å². The summed E-state index contributed by atoms with van der Waals surface area (Å²) in [6.07, 6.45) is 0. The lowest BCUT2D eigenvalue weighted by Crippen LogP contribution is -2.46. The summed E-state index contributed by atoms with van der Waals surface area (Å²) >= 11 is 0. The van der Waals surface area contributed by atoms with Gasteiger partial charge in [-0.25, -0.2) is 4.98 Å². The number of aliphatic hydroxyl groups excluding tert-OH is 1. The second kappa shape index (κ2) is 6.82. The number of likely N-dealkylation sites (N-methyl/N-ethyl adjacent to an activating group) is 1. The molecule has 1 aliphatic heterocycles. The lowest BCUT2D eigenvalue weighted by molar-refractivity contribution is 0.135. The van der Waals surface area contributed by atoms with Crippen LogP contribution in [-0.4, -0.2) is 64.1 Å². The van der Waals surface area contributed by atoms with E-state index in [-0.39, 0.29) is 11.3 Å². The van der Waals surface area contributed by atoms with Crippen LogP contribution in [0.2, 0.25) is 0 Å². The van der Waals surface area contributed by atoms with Crippen molar-refractivity contribution in [2.45, 2.75) is 6.92 Å². The van der Waals surface area contributed by atoms with Crippen LogP contribution in [0.1, 0.15) is 12.7 Å². The van der Waals surface area contributed by atoms with Gasteiger partial charge in [-0.3, -0.25) is 4.90 Å². The highest BCUT2D eigenvalue weighted by molar-refractivity contribution is 5.82. The van der Waals surface area contributed by atoms with Crippen molar-refractivity contribution in [1.29, 1.82) is 5.26 Å². The van der Waals surface area contributed by atoms with Crippen LogP contribution < -0.4 is 0 Å². The van der Waals surface area contributed by atoms with E-state index >= 15 is 0 Å². The van der Waals surface area contributed by atoms with Gasteiger partial charge in [-0.2, -0.15) is 5.26 Å². The summed E-state index contributed by atoms with van der Waals surface area (Å²) in [6, 6.07) is 9.68. The molecule has 1 saturated heterocycles. The Bertz CT molecular complexity index is 717. The molecule has 1 aromatic carbocycles. The van der Waals surface area contributed by atoms with Crippen LogP contribution >= 0.6 is 0 Å². The summed E-state index contributed by atoms with van der Waals surface area (Å²) in [7, 11) is 0. The predicted octanol–water partition coefficient (Wildman–Crippen LogP) is 1.99. The van der Waals surface area contributed by atoms with Gasteiger partial charge < -0.3 is 15.0 Å². The number of para-hydroxylation sites is 2. The molecule has 0 bridgehead atoms.